The summed E-state index contributed by atoms with van der Waals surface area (Å²) in [6, 6.07) is 0. The summed E-state index contributed by atoms with van der Waals surface area (Å²) >= 11 is 0. The van der Waals surface area contributed by atoms with Crippen LogP contribution in [0.15, 0.2) is 23.3 Å². The normalized spacial score (nSPS) is 12.5. The molecule has 0 spiro atoms. The first-order chi connectivity index (χ1) is 7.22. The van der Waals surface area contributed by atoms with Gasteiger partial charge in [-0.25, -0.2) is 0 Å². The van der Waals surface area contributed by atoms with Gasteiger partial charge < -0.3 is 0 Å². The predicted molar refractivity (Wildman–Crippen MR) is 77.8 cm³/mol. The van der Waals surface area contributed by atoms with Gasteiger partial charge in [0.1, 0.15) is 0 Å². The molecule has 0 unspecified atom stereocenters. The van der Waals surface area contributed by atoms with Gasteiger partial charge in [0, 0.05) is 0 Å². The first-order valence-corrected chi connectivity index (χ1v) is 6.54. The van der Waals surface area contributed by atoms with Gasteiger partial charge >= 0.3 is 0 Å². The second-order valence-electron chi connectivity index (χ2n) is 5.29. The largest absolute Gasteiger partial charge is 0.0996 e. The number of hydrogen-bond donors (Lipinski definition) is 0. The Morgan fingerprint density at radius 3 is 1.25 bits per heavy atom. The van der Waals surface area contributed by atoms with Crippen molar-refractivity contribution >= 4 is 0 Å². The molecule has 0 aromatic rings. The number of hydrogen-bond acceptors (Lipinski definition) is 0. The van der Waals surface area contributed by atoms with Crippen LogP contribution in [0.2, 0.25) is 0 Å². The molecule has 0 aromatic carbocycles. The highest BCUT2D eigenvalue weighted by molar-refractivity contribution is 5.07. The van der Waals surface area contributed by atoms with Crippen LogP contribution in [-0.4, -0.2) is 0 Å². The molecular formula is C16H32. The molecule has 0 heterocycles. The molecule has 0 amide bonds. The number of rotatable bonds is 4. The first-order valence-electron chi connectivity index (χ1n) is 6.54. The lowest BCUT2D eigenvalue weighted by molar-refractivity contribution is 0.431. The number of allylic oxidation sites excluding steroid dienone is 3. The molecule has 0 fully saturated rings. The Balaban J connectivity index is 0. The van der Waals surface area contributed by atoms with E-state index in [-0.39, 0.29) is 0 Å². The van der Waals surface area contributed by atoms with Gasteiger partial charge in [-0.2, -0.15) is 0 Å². The Morgan fingerprint density at radius 2 is 1.19 bits per heavy atom. The highest BCUT2D eigenvalue weighted by Crippen LogP contribution is 2.27. The van der Waals surface area contributed by atoms with E-state index in [2.05, 4.69) is 62.0 Å². The van der Waals surface area contributed by atoms with Crippen molar-refractivity contribution in [2.75, 3.05) is 0 Å². The summed E-state index contributed by atoms with van der Waals surface area (Å²) < 4.78 is 0. The highest BCUT2D eigenvalue weighted by Gasteiger charge is 2.14. The molecule has 0 aliphatic rings. The molecule has 0 radical (unpaired) electrons. The van der Waals surface area contributed by atoms with Gasteiger partial charge in [-0.1, -0.05) is 57.9 Å². The van der Waals surface area contributed by atoms with E-state index in [1.165, 1.54) is 24.8 Å². The maximum absolute atomic E-state index is 3.90. The van der Waals surface area contributed by atoms with E-state index in [0.717, 1.165) is 0 Å². The minimum atomic E-state index is 0.347. The zero-order chi connectivity index (χ0) is 13.4. The summed E-state index contributed by atoms with van der Waals surface area (Å²) in [5, 5.41) is 0. The second-order valence-corrected chi connectivity index (χ2v) is 5.29. The van der Waals surface area contributed by atoms with E-state index in [4.69, 9.17) is 0 Å². The third-order valence-corrected chi connectivity index (χ3v) is 3.83. The summed E-state index contributed by atoms with van der Waals surface area (Å²) in [7, 11) is 0. The van der Waals surface area contributed by atoms with E-state index in [0.29, 0.717) is 5.41 Å². The zero-order valence-corrected chi connectivity index (χ0v) is 12.8. The van der Waals surface area contributed by atoms with E-state index < -0.39 is 0 Å². The van der Waals surface area contributed by atoms with Crippen molar-refractivity contribution in [3.8, 4) is 0 Å². The van der Waals surface area contributed by atoms with Crippen LogP contribution in [0.4, 0.5) is 0 Å². The Bertz CT molecular complexity index is 216. The van der Waals surface area contributed by atoms with Gasteiger partial charge in [0.25, 0.3) is 0 Å². The molecule has 16 heavy (non-hydrogen) atoms. The summed E-state index contributed by atoms with van der Waals surface area (Å²) in [6.07, 6.45) is 3.60. The minimum absolute atomic E-state index is 0.347. The Morgan fingerprint density at radius 1 is 0.875 bits per heavy atom. The van der Waals surface area contributed by atoms with Crippen LogP contribution in [0.1, 0.15) is 74.7 Å². The average molecular weight is 224 g/mol. The van der Waals surface area contributed by atoms with E-state index >= 15 is 0 Å². The molecule has 0 heteroatoms. The van der Waals surface area contributed by atoms with Gasteiger partial charge in [-0.05, 0) is 45.4 Å². The van der Waals surface area contributed by atoms with Crippen molar-refractivity contribution in [1.82, 2.24) is 0 Å². The Labute approximate surface area is 104 Å². The fourth-order valence-corrected chi connectivity index (χ4v) is 0.905. The molecule has 0 saturated carbocycles. The van der Waals surface area contributed by atoms with Crippen molar-refractivity contribution in [2.45, 2.75) is 74.7 Å². The van der Waals surface area contributed by atoms with Crippen LogP contribution in [0.3, 0.4) is 0 Å². The quantitative estimate of drug-likeness (QED) is 0.503. The lowest BCUT2D eigenvalue weighted by Gasteiger charge is -2.22. The molecule has 0 saturated heterocycles. The van der Waals surface area contributed by atoms with Crippen LogP contribution in [0.25, 0.3) is 0 Å². The molecule has 0 aliphatic heterocycles. The van der Waals surface area contributed by atoms with Crippen LogP contribution in [-0.2, 0) is 0 Å². The molecule has 0 aromatic heterocycles. The fourth-order valence-electron chi connectivity index (χ4n) is 0.905. The van der Waals surface area contributed by atoms with E-state index in [9.17, 15) is 0 Å². The third-order valence-electron chi connectivity index (χ3n) is 3.83. The van der Waals surface area contributed by atoms with E-state index in [1.54, 1.807) is 11.1 Å². The minimum Gasteiger partial charge on any atom is -0.0996 e. The van der Waals surface area contributed by atoms with Crippen LogP contribution in [0, 0.1) is 5.41 Å². The molecule has 0 bridgehead atoms. The fraction of sp³-hybridized carbons (Fsp3) is 0.750. The molecule has 96 valence electrons. The van der Waals surface area contributed by atoms with Crippen molar-refractivity contribution < 1.29 is 0 Å². The van der Waals surface area contributed by atoms with Crippen molar-refractivity contribution in [3.63, 3.8) is 0 Å². The highest BCUT2D eigenvalue weighted by atomic mass is 14.2. The maximum atomic E-state index is 3.90. The summed E-state index contributed by atoms with van der Waals surface area (Å²) in [4.78, 5) is 0. The summed E-state index contributed by atoms with van der Waals surface area (Å²) in [5.74, 6) is 0. The van der Waals surface area contributed by atoms with E-state index in [1.807, 2.05) is 0 Å². The van der Waals surface area contributed by atoms with Gasteiger partial charge in [-0.15, -0.1) is 0 Å². The predicted octanol–water partition coefficient (Wildman–Crippen LogP) is 6.14. The molecular weight excluding hydrogens is 192 g/mol. The molecule has 0 atom stereocenters. The summed E-state index contributed by atoms with van der Waals surface area (Å²) in [6.45, 7) is 21.4. The van der Waals surface area contributed by atoms with Gasteiger partial charge in [0.15, 0.2) is 0 Å². The topological polar surface area (TPSA) is 0 Å². The maximum Gasteiger partial charge on any atom is -0.0153 e. The monoisotopic (exact) mass is 224 g/mol. The van der Waals surface area contributed by atoms with Crippen LogP contribution in [0.5, 0.6) is 0 Å². The lowest BCUT2D eigenvalue weighted by Crippen LogP contribution is -2.09. The summed E-state index contributed by atoms with van der Waals surface area (Å²) in [5.41, 5.74) is 4.72. The van der Waals surface area contributed by atoms with Gasteiger partial charge in [-0.3, -0.25) is 0 Å². The first kappa shape index (κ1) is 17.9. The van der Waals surface area contributed by atoms with Crippen LogP contribution < -0.4 is 0 Å². The zero-order valence-electron chi connectivity index (χ0n) is 12.8. The second kappa shape index (κ2) is 8.61. The lowest BCUT2D eigenvalue weighted by atomic mass is 9.84. The molecule has 0 aliphatic carbocycles. The molecule has 0 N–H and O–H groups in total. The third kappa shape index (κ3) is 7.73. The molecule has 0 nitrogen and oxygen atoms in total. The van der Waals surface area contributed by atoms with Gasteiger partial charge in [0.2, 0.25) is 0 Å². The SMILES string of the molecule is C=C(C)C(C)(C)CC.CC/C(C)=C(/C)CC. The smallest absolute Gasteiger partial charge is 0.0153 e. The van der Waals surface area contributed by atoms with Crippen LogP contribution >= 0.6 is 0 Å². The van der Waals surface area contributed by atoms with Crippen molar-refractivity contribution in [1.29, 1.82) is 0 Å². The average Bonchev–Trinajstić information content (AvgIpc) is 2.27. The van der Waals surface area contributed by atoms with Crippen molar-refractivity contribution in [3.05, 3.63) is 23.3 Å². The van der Waals surface area contributed by atoms with Gasteiger partial charge in [0.05, 0.1) is 0 Å². The van der Waals surface area contributed by atoms with Crippen molar-refractivity contribution in [2.24, 2.45) is 5.41 Å². The Kier molecular flexibility index (Phi) is 9.61. The standard InChI is InChI=1S/2C8H16/c1-6-8(4,5)7(2)3;1-5-7(3)8(4)6-2/h2,6H2,1,3-5H3;5-6H2,1-4H3/b;8-7-. The Hall–Kier alpha value is -0.520. The molecule has 0 rings (SSSR count).